The molecule has 0 spiro atoms. The van der Waals surface area contributed by atoms with Gasteiger partial charge in [0.15, 0.2) is 0 Å². The van der Waals surface area contributed by atoms with Gasteiger partial charge in [-0.15, -0.1) is 0 Å². The molecular weight excluding hydrogens is 132 g/mol. The maximum atomic E-state index is 8.36. The molecule has 0 amide bonds. The molecule has 0 aromatic rings. The van der Waals surface area contributed by atoms with Crippen molar-refractivity contribution in [2.24, 2.45) is 0 Å². The molecule has 0 fully saturated rings. The van der Waals surface area contributed by atoms with Gasteiger partial charge in [-0.25, -0.2) is 0 Å². The molecule has 0 heterocycles. The molecule has 0 aliphatic rings. The van der Waals surface area contributed by atoms with E-state index in [1.54, 1.807) is 12.2 Å². The van der Waals surface area contributed by atoms with E-state index in [1.165, 1.54) is 0 Å². The van der Waals surface area contributed by atoms with E-state index in [1.807, 2.05) is 19.1 Å². The standard InChI is InChI=1S/C6H10O.CH2O2/c1-2-3-4-5-6-7;2-1-3/h2-5,7H,6H2,1H3;1H,(H,2,3)/b3-2+,5-4+;. The highest BCUT2D eigenvalue weighted by Gasteiger charge is 1.58. The van der Waals surface area contributed by atoms with Crippen molar-refractivity contribution in [1.82, 2.24) is 0 Å². The molecular formula is C7H12O3. The second kappa shape index (κ2) is 15.7. The Kier molecular flexibility index (Phi) is 18.3. The zero-order valence-electron chi connectivity index (χ0n) is 5.90. The van der Waals surface area contributed by atoms with E-state index < -0.39 is 0 Å². The van der Waals surface area contributed by atoms with Crippen molar-refractivity contribution in [3.63, 3.8) is 0 Å². The number of rotatable bonds is 2. The van der Waals surface area contributed by atoms with E-state index in [4.69, 9.17) is 15.0 Å². The SMILES string of the molecule is C/C=C/C=C/CO.O=CO. The van der Waals surface area contributed by atoms with Crippen LogP contribution in [0.15, 0.2) is 24.3 Å². The average Bonchev–Trinajstić information content (AvgIpc) is 1.91. The molecule has 0 aliphatic heterocycles. The van der Waals surface area contributed by atoms with Crippen LogP contribution in [0.25, 0.3) is 0 Å². The predicted octanol–water partition coefficient (Wildman–Crippen LogP) is 0.812. The third-order valence-electron chi connectivity index (χ3n) is 0.545. The zero-order valence-corrected chi connectivity index (χ0v) is 5.90. The van der Waals surface area contributed by atoms with Crippen LogP contribution >= 0.6 is 0 Å². The second-order valence-electron chi connectivity index (χ2n) is 1.24. The number of allylic oxidation sites excluding steroid dienone is 3. The first kappa shape index (κ1) is 11.7. The van der Waals surface area contributed by atoms with Crippen molar-refractivity contribution in [2.75, 3.05) is 6.61 Å². The summed E-state index contributed by atoms with van der Waals surface area (Å²) in [7, 11) is 0. The van der Waals surface area contributed by atoms with Crippen LogP contribution in [0.5, 0.6) is 0 Å². The Morgan fingerprint density at radius 2 is 1.90 bits per heavy atom. The van der Waals surface area contributed by atoms with E-state index in [2.05, 4.69) is 0 Å². The minimum Gasteiger partial charge on any atom is -0.483 e. The fourth-order valence-electron chi connectivity index (χ4n) is 0.251. The van der Waals surface area contributed by atoms with Crippen LogP contribution in [0.3, 0.4) is 0 Å². The Morgan fingerprint density at radius 1 is 1.40 bits per heavy atom. The lowest BCUT2D eigenvalue weighted by Crippen LogP contribution is -1.66. The summed E-state index contributed by atoms with van der Waals surface area (Å²) in [5, 5.41) is 15.1. The average molecular weight is 144 g/mol. The van der Waals surface area contributed by atoms with Crippen LogP contribution in [0.1, 0.15) is 6.92 Å². The third kappa shape index (κ3) is 28.5. The molecule has 3 heteroatoms. The van der Waals surface area contributed by atoms with E-state index in [9.17, 15) is 0 Å². The van der Waals surface area contributed by atoms with E-state index in [0.717, 1.165) is 0 Å². The van der Waals surface area contributed by atoms with Gasteiger partial charge in [-0.3, -0.25) is 4.79 Å². The van der Waals surface area contributed by atoms with Crippen LogP contribution in [0.2, 0.25) is 0 Å². The van der Waals surface area contributed by atoms with Gasteiger partial charge >= 0.3 is 0 Å². The molecule has 0 atom stereocenters. The Bertz CT molecular complexity index is 105. The van der Waals surface area contributed by atoms with Crippen molar-refractivity contribution < 1.29 is 15.0 Å². The predicted molar refractivity (Wildman–Crippen MR) is 39.7 cm³/mol. The van der Waals surface area contributed by atoms with Crippen LogP contribution in [-0.4, -0.2) is 23.3 Å². The van der Waals surface area contributed by atoms with E-state index >= 15 is 0 Å². The lowest BCUT2D eigenvalue weighted by atomic mass is 10.4. The van der Waals surface area contributed by atoms with Gasteiger partial charge in [0.25, 0.3) is 6.47 Å². The molecule has 3 nitrogen and oxygen atoms in total. The highest BCUT2D eigenvalue weighted by molar-refractivity contribution is 5.32. The summed E-state index contributed by atoms with van der Waals surface area (Å²) in [6.45, 7) is 1.81. The monoisotopic (exact) mass is 144 g/mol. The molecule has 0 unspecified atom stereocenters. The largest absolute Gasteiger partial charge is 0.483 e. The summed E-state index contributed by atoms with van der Waals surface area (Å²) in [4.78, 5) is 8.36. The van der Waals surface area contributed by atoms with Gasteiger partial charge in [-0.2, -0.15) is 0 Å². The van der Waals surface area contributed by atoms with Crippen LogP contribution in [0.4, 0.5) is 0 Å². The van der Waals surface area contributed by atoms with Gasteiger partial charge in [-0.1, -0.05) is 24.3 Å². The minimum absolute atomic E-state index is 0.129. The summed E-state index contributed by atoms with van der Waals surface area (Å²) in [6.07, 6.45) is 7.27. The van der Waals surface area contributed by atoms with Crippen molar-refractivity contribution in [1.29, 1.82) is 0 Å². The number of hydrogen-bond acceptors (Lipinski definition) is 2. The summed E-state index contributed by atoms with van der Waals surface area (Å²) in [5.41, 5.74) is 0. The van der Waals surface area contributed by atoms with Crippen LogP contribution in [0, 0.1) is 0 Å². The first-order valence-electron chi connectivity index (χ1n) is 2.80. The number of hydrogen-bond donors (Lipinski definition) is 2. The highest BCUT2D eigenvalue weighted by atomic mass is 16.3. The molecule has 58 valence electrons. The molecule has 0 aromatic heterocycles. The summed E-state index contributed by atoms with van der Waals surface area (Å²) < 4.78 is 0. The molecule has 0 saturated heterocycles. The summed E-state index contributed by atoms with van der Waals surface area (Å²) >= 11 is 0. The van der Waals surface area contributed by atoms with Crippen molar-refractivity contribution in [3.8, 4) is 0 Å². The molecule has 2 N–H and O–H groups in total. The second-order valence-corrected chi connectivity index (χ2v) is 1.24. The topological polar surface area (TPSA) is 57.5 Å². The van der Waals surface area contributed by atoms with E-state index in [-0.39, 0.29) is 13.1 Å². The molecule has 0 aromatic carbocycles. The van der Waals surface area contributed by atoms with Crippen LogP contribution in [-0.2, 0) is 4.79 Å². The van der Waals surface area contributed by atoms with Gasteiger partial charge in [-0.05, 0) is 6.92 Å². The number of carbonyl (C=O) groups is 1. The maximum absolute atomic E-state index is 8.36. The maximum Gasteiger partial charge on any atom is 0.290 e. The molecule has 0 saturated carbocycles. The summed E-state index contributed by atoms with van der Waals surface area (Å²) in [5.74, 6) is 0. The molecule has 0 radical (unpaired) electrons. The molecule has 0 rings (SSSR count). The lowest BCUT2D eigenvalue weighted by molar-refractivity contribution is -0.122. The lowest BCUT2D eigenvalue weighted by Gasteiger charge is -1.70. The first-order chi connectivity index (χ1) is 4.83. The normalized spacial score (nSPS) is 9.40. The third-order valence-corrected chi connectivity index (χ3v) is 0.545. The van der Waals surface area contributed by atoms with Gasteiger partial charge in [0.2, 0.25) is 0 Å². The van der Waals surface area contributed by atoms with E-state index in [0.29, 0.717) is 0 Å². The fraction of sp³-hybridized carbons (Fsp3) is 0.286. The molecule has 0 bridgehead atoms. The number of aliphatic hydroxyl groups excluding tert-OH is 1. The fourth-order valence-corrected chi connectivity index (χ4v) is 0.251. The Balaban J connectivity index is 0. The van der Waals surface area contributed by atoms with Gasteiger partial charge < -0.3 is 10.2 Å². The van der Waals surface area contributed by atoms with Crippen molar-refractivity contribution in [3.05, 3.63) is 24.3 Å². The smallest absolute Gasteiger partial charge is 0.290 e. The quantitative estimate of drug-likeness (QED) is 0.445. The first-order valence-corrected chi connectivity index (χ1v) is 2.80. The highest BCUT2D eigenvalue weighted by Crippen LogP contribution is 1.72. The molecule has 0 aliphatic carbocycles. The Hall–Kier alpha value is -1.09. The number of carboxylic acid groups (broad SMARTS) is 1. The Morgan fingerprint density at radius 3 is 2.20 bits per heavy atom. The van der Waals surface area contributed by atoms with Crippen LogP contribution < -0.4 is 0 Å². The summed E-state index contributed by atoms with van der Waals surface area (Å²) in [6, 6.07) is 0. The van der Waals surface area contributed by atoms with Crippen molar-refractivity contribution in [2.45, 2.75) is 6.92 Å². The minimum atomic E-state index is -0.250. The van der Waals surface area contributed by atoms with Gasteiger partial charge in [0.05, 0.1) is 6.61 Å². The Labute approximate surface area is 60.3 Å². The molecule has 10 heavy (non-hydrogen) atoms. The number of aliphatic hydroxyl groups is 1. The zero-order chi connectivity index (χ0) is 8.24. The van der Waals surface area contributed by atoms with Crippen molar-refractivity contribution >= 4 is 6.47 Å². The van der Waals surface area contributed by atoms with Gasteiger partial charge in [0, 0.05) is 0 Å². The van der Waals surface area contributed by atoms with Gasteiger partial charge in [0.1, 0.15) is 0 Å².